The van der Waals surface area contributed by atoms with E-state index in [0.29, 0.717) is 5.56 Å². The van der Waals surface area contributed by atoms with Gasteiger partial charge in [-0.2, -0.15) is 0 Å². The van der Waals surface area contributed by atoms with Crippen LogP contribution in [0.5, 0.6) is 5.75 Å². The van der Waals surface area contributed by atoms with Gasteiger partial charge in [0.15, 0.2) is 0 Å². The van der Waals surface area contributed by atoms with E-state index in [2.05, 4.69) is 25.9 Å². The van der Waals surface area contributed by atoms with Gasteiger partial charge in [-0.15, -0.1) is 0 Å². The summed E-state index contributed by atoms with van der Waals surface area (Å²) < 4.78 is 0. The molecule has 12 nitrogen and oxygen atoms in total. The quantitative estimate of drug-likeness (QED) is 0.0901. The Bertz CT molecular complexity index is 1910. The molecule has 4 unspecified atom stereocenters. The number of carbonyl (C=O) groups excluding carboxylic acids is 3. The molecule has 250 valence electrons. The number of phenols is 1. The Kier molecular flexibility index (Phi) is 10.4. The minimum atomic E-state index is -1.21. The lowest BCUT2D eigenvalue weighted by Crippen LogP contribution is -2.58. The molecule has 5 aromatic rings. The molecule has 2 heterocycles. The van der Waals surface area contributed by atoms with Gasteiger partial charge in [0.1, 0.15) is 23.9 Å². The van der Waals surface area contributed by atoms with Crippen LogP contribution in [0, 0.1) is 5.92 Å². The number of nitrogens with two attached hydrogens (primary N) is 1. The van der Waals surface area contributed by atoms with E-state index in [-0.39, 0.29) is 25.0 Å². The minimum absolute atomic E-state index is 0.00385. The largest absolute Gasteiger partial charge is 0.508 e. The van der Waals surface area contributed by atoms with Gasteiger partial charge in [0.05, 0.1) is 6.04 Å². The smallest absolute Gasteiger partial charge is 0.326 e. The van der Waals surface area contributed by atoms with Crippen molar-refractivity contribution in [2.45, 2.75) is 57.3 Å². The Morgan fingerprint density at radius 3 is 1.75 bits per heavy atom. The van der Waals surface area contributed by atoms with Crippen LogP contribution in [0.4, 0.5) is 0 Å². The highest BCUT2D eigenvalue weighted by molar-refractivity contribution is 5.95. The number of nitrogens with one attached hydrogen (secondary N) is 5. The molecule has 5 rings (SSSR count). The van der Waals surface area contributed by atoms with E-state index in [1.807, 2.05) is 54.7 Å². The first-order valence-electron chi connectivity index (χ1n) is 15.8. The first kappa shape index (κ1) is 33.7. The standard InChI is InChI=1S/C36H40N6O6/c1-20(2)32(36(47)48)42-35(46)30(15-21-11-13-24(43)14-12-21)41-34(45)31(17-23-19-39-29-10-6-4-8-26(23)29)40-33(44)27(37)16-22-18-38-28-9-5-3-7-25(22)28/h3-14,18-20,27,30-32,38-39,43H,15-17,37H2,1-2H3,(H,40,44)(H,41,45)(H,42,46)(H,47,48). The van der Waals surface area contributed by atoms with Crippen molar-refractivity contribution in [2.24, 2.45) is 11.7 Å². The Morgan fingerprint density at radius 1 is 0.688 bits per heavy atom. The maximum Gasteiger partial charge on any atom is 0.326 e. The van der Waals surface area contributed by atoms with Gasteiger partial charge in [-0.3, -0.25) is 14.4 Å². The molecule has 48 heavy (non-hydrogen) atoms. The average Bonchev–Trinajstić information content (AvgIpc) is 3.67. The number of para-hydroxylation sites is 2. The van der Waals surface area contributed by atoms with Crippen molar-refractivity contribution in [3.8, 4) is 5.75 Å². The predicted molar refractivity (Wildman–Crippen MR) is 182 cm³/mol. The summed E-state index contributed by atoms with van der Waals surface area (Å²) >= 11 is 0. The number of hydrogen-bond acceptors (Lipinski definition) is 6. The third-order valence-corrected chi connectivity index (χ3v) is 8.42. The van der Waals surface area contributed by atoms with Crippen LogP contribution in [-0.2, 0) is 38.4 Å². The molecule has 0 saturated carbocycles. The van der Waals surface area contributed by atoms with Gasteiger partial charge in [-0.25, -0.2) is 4.79 Å². The summed E-state index contributed by atoms with van der Waals surface area (Å²) in [6.07, 6.45) is 3.87. The molecule has 0 saturated heterocycles. The summed E-state index contributed by atoms with van der Waals surface area (Å²) in [5.74, 6) is -3.51. The monoisotopic (exact) mass is 652 g/mol. The first-order valence-corrected chi connectivity index (χ1v) is 15.8. The van der Waals surface area contributed by atoms with Crippen molar-refractivity contribution in [1.29, 1.82) is 0 Å². The predicted octanol–water partition coefficient (Wildman–Crippen LogP) is 2.91. The molecular weight excluding hydrogens is 612 g/mol. The number of amides is 3. The molecule has 0 aliphatic carbocycles. The summed E-state index contributed by atoms with van der Waals surface area (Å²) in [6.45, 7) is 3.33. The number of carboxylic acid groups (broad SMARTS) is 1. The molecule has 0 spiro atoms. The van der Waals surface area contributed by atoms with Crippen LogP contribution in [0.15, 0.2) is 85.2 Å². The van der Waals surface area contributed by atoms with Crippen LogP contribution < -0.4 is 21.7 Å². The Balaban J connectivity index is 1.40. The van der Waals surface area contributed by atoms with E-state index in [0.717, 1.165) is 32.9 Å². The number of benzene rings is 3. The lowest BCUT2D eigenvalue weighted by Gasteiger charge is -2.26. The number of aromatic hydroxyl groups is 1. The van der Waals surface area contributed by atoms with Crippen LogP contribution >= 0.6 is 0 Å². The molecule has 3 aromatic carbocycles. The molecule has 0 bridgehead atoms. The fourth-order valence-electron chi connectivity index (χ4n) is 5.76. The van der Waals surface area contributed by atoms with Gasteiger partial charge in [0.2, 0.25) is 17.7 Å². The normalized spacial score (nSPS) is 13.9. The molecule has 0 aliphatic rings. The molecule has 0 fully saturated rings. The van der Waals surface area contributed by atoms with E-state index in [9.17, 15) is 29.4 Å². The lowest BCUT2D eigenvalue weighted by molar-refractivity contribution is -0.143. The summed E-state index contributed by atoms with van der Waals surface area (Å²) in [4.78, 5) is 59.4. The highest BCUT2D eigenvalue weighted by Crippen LogP contribution is 2.21. The first-order chi connectivity index (χ1) is 23.0. The zero-order valence-corrected chi connectivity index (χ0v) is 26.7. The van der Waals surface area contributed by atoms with Gasteiger partial charge in [-0.05, 0) is 53.3 Å². The van der Waals surface area contributed by atoms with Crippen LogP contribution in [-0.4, -0.2) is 68.0 Å². The highest BCUT2D eigenvalue weighted by atomic mass is 16.4. The molecule has 3 amide bonds. The van der Waals surface area contributed by atoms with Crippen molar-refractivity contribution in [1.82, 2.24) is 25.9 Å². The number of fused-ring (bicyclic) bond motifs is 2. The van der Waals surface area contributed by atoms with Gasteiger partial charge in [-0.1, -0.05) is 62.4 Å². The second-order valence-corrected chi connectivity index (χ2v) is 12.3. The molecule has 4 atom stereocenters. The number of rotatable bonds is 14. The van der Waals surface area contributed by atoms with E-state index < -0.39 is 53.8 Å². The number of H-pyrrole nitrogens is 2. The fourth-order valence-corrected chi connectivity index (χ4v) is 5.76. The van der Waals surface area contributed by atoms with Crippen LogP contribution in [0.25, 0.3) is 21.8 Å². The zero-order valence-electron chi connectivity index (χ0n) is 26.7. The van der Waals surface area contributed by atoms with Crippen LogP contribution in [0.1, 0.15) is 30.5 Å². The van der Waals surface area contributed by atoms with Crippen molar-refractivity contribution < 1.29 is 29.4 Å². The van der Waals surface area contributed by atoms with Gasteiger partial charge >= 0.3 is 5.97 Å². The third-order valence-electron chi connectivity index (χ3n) is 8.42. The maximum absolute atomic E-state index is 14.0. The van der Waals surface area contributed by atoms with Crippen molar-refractivity contribution >= 4 is 45.5 Å². The number of carboxylic acids is 1. The summed E-state index contributed by atoms with van der Waals surface area (Å²) in [7, 11) is 0. The lowest BCUT2D eigenvalue weighted by atomic mass is 10.00. The van der Waals surface area contributed by atoms with Gasteiger partial charge in [0, 0.05) is 47.0 Å². The fraction of sp³-hybridized carbons (Fsp3) is 0.278. The summed E-state index contributed by atoms with van der Waals surface area (Å²) in [5, 5.41) is 29.4. The van der Waals surface area contributed by atoms with E-state index in [4.69, 9.17) is 5.73 Å². The minimum Gasteiger partial charge on any atom is -0.508 e. The molecule has 0 radical (unpaired) electrons. The second kappa shape index (κ2) is 14.9. The molecule has 9 N–H and O–H groups in total. The summed E-state index contributed by atoms with van der Waals surface area (Å²) in [5.41, 5.74) is 10.4. The summed E-state index contributed by atoms with van der Waals surface area (Å²) in [6, 6.07) is 16.8. The molecular formula is C36H40N6O6. The van der Waals surface area contributed by atoms with E-state index >= 15 is 0 Å². The topological polar surface area (TPSA) is 202 Å². The van der Waals surface area contributed by atoms with Gasteiger partial charge < -0.3 is 41.9 Å². The van der Waals surface area contributed by atoms with Crippen molar-refractivity contribution in [2.75, 3.05) is 0 Å². The van der Waals surface area contributed by atoms with Crippen molar-refractivity contribution in [3.05, 3.63) is 102 Å². The maximum atomic E-state index is 14.0. The SMILES string of the molecule is CC(C)C(NC(=O)C(Cc1ccc(O)cc1)NC(=O)C(Cc1c[nH]c2ccccc12)NC(=O)C(N)Cc1c[nH]c2ccccc12)C(=O)O. The third kappa shape index (κ3) is 8.02. The molecule has 12 heteroatoms. The highest BCUT2D eigenvalue weighted by Gasteiger charge is 2.32. The Labute approximate surface area is 277 Å². The molecule has 0 aliphatic heterocycles. The zero-order chi connectivity index (χ0) is 34.4. The van der Waals surface area contributed by atoms with Gasteiger partial charge in [0.25, 0.3) is 0 Å². The number of carbonyl (C=O) groups is 4. The number of hydrogen-bond donors (Lipinski definition) is 8. The van der Waals surface area contributed by atoms with E-state index in [1.54, 1.807) is 32.2 Å². The van der Waals surface area contributed by atoms with Crippen molar-refractivity contribution in [3.63, 3.8) is 0 Å². The molecule has 2 aromatic heterocycles. The average molecular weight is 653 g/mol. The number of phenolic OH excluding ortho intramolecular Hbond substituents is 1. The number of aromatic amines is 2. The Hall–Kier alpha value is -5.62. The Morgan fingerprint density at radius 2 is 1.19 bits per heavy atom. The number of aliphatic carboxylic acids is 1. The van der Waals surface area contributed by atoms with E-state index in [1.165, 1.54) is 12.1 Å². The second-order valence-electron chi connectivity index (χ2n) is 12.3. The van der Waals surface area contributed by atoms with Crippen LogP contribution in [0.3, 0.4) is 0 Å². The number of aromatic nitrogens is 2. The van der Waals surface area contributed by atoms with Crippen LogP contribution in [0.2, 0.25) is 0 Å².